The van der Waals surface area contributed by atoms with E-state index in [0.29, 0.717) is 5.92 Å². The van der Waals surface area contributed by atoms with Crippen molar-refractivity contribution >= 4 is 0 Å². The van der Waals surface area contributed by atoms with E-state index in [1.54, 1.807) is 0 Å². The molecule has 4 rings (SSSR count). The van der Waals surface area contributed by atoms with Gasteiger partial charge < -0.3 is 5.32 Å². The number of hydrogen-bond acceptors (Lipinski definition) is 2. The standard InChI is InChI=1S/C18H23N3/c1-13-6-2-5-9-16(13)21-17-10-11-19-12-15(17)20-18(21)14-7-3-4-8-14/h2,5-6,9,14,19H,3-4,7-8,10-12H2,1H3. The number of nitrogens with zero attached hydrogens (tertiary/aromatic N) is 2. The first-order valence-electron chi connectivity index (χ1n) is 8.21. The highest BCUT2D eigenvalue weighted by molar-refractivity contribution is 5.45. The highest BCUT2D eigenvalue weighted by atomic mass is 15.1. The third kappa shape index (κ3) is 2.20. The first-order chi connectivity index (χ1) is 10.3. The van der Waals surface area contributed by atoms with E-state index in [-0.39, 0.29) is 0 Å². The van der Waals surface area contributed by atoms with Gasteiger partial charge >= 0.3 is 0 Å². The second-order valence-corrected chi connectivity index (χ2v) is 6.39. The lowest BCUT2D eigenvalue weighted by Crippen LogP contribution is -2.25. The molecule has 1 saturated carbocycles. The van der Waals surface area contributed by atoms with E-state index < -0.39 is 0 Å². The van der Waals surface area contributed by atoms with Crippen LogP contribution in [0.5, 0.6) is 0 Å². The van der Waals surface area contributed by atoms with Gasteiger partial charge in [0.15, 0.2) is 0 Å². The zero-order chi connectivity index (χ0) is 14.2. The van der Waals surface area contributed by atoms with Crippen LogP contribution in [0.2, 0.25) is 0 Å². The van der Waals surface area contributed by atoms with E-state index in [1.165, 1.54) is 54.1 Å². The molecule has 1 aliphatic heterocycles. The molecule has 1 N–H and O–H groups in total. The van der Waals surface area contributed by atoms with Crippen molar-refractivity contribution in [3.05, 3.63) is 47.0 Å². The quantitative estimate of drug-likeness (QED) is 0.913. The van der Waals surface area contributed by atoms with Gasteiger partial charge in [-0.3, -0.25) is 4.57 Å². The van der Waals surface area contributed by atoms with E-state index in [1.807, 2.05) is 0 Å². The molecule has 1 aromatic carbocycles. The fourth-order valence-electron chi connectivity index (χ4n) is 3.87. The molecule has 2 heterocycles. The molecule has 0 unspecified atom stereocenters. The van der Waals surface area contributed by atoms with Crippen molar-refractivity contribution in [1.82, 2.24) is 14.9 Å². The Morgan fingerprint density at radius 1 is 1.19 bits per heavy atom. The molecule has 0 spiro atoms. The molecule has 0 atom stereocenters. The zero-order valence-electron chi connectivity index (χ0n) is 12.7. The number of fused-ring (bicyclic) bond motifs is 1. The molecule has 0 saturated heterocycles. The Bertz CT molecular complexity index is 650. The van der Waals surface area contributed by atoms with Crippen molar-refractivity contribution in [2.75, 3.05) is 6.54 Å². The highest BCUT2D eigenvalue weighted by Crippen LogP contribution is 2.37. The average Bonchev–Trinajstić information content (AvgIpc) is 3.15. The number of para-hydroxylation sites is 1. The number of hydrogen-bond donors (Lipinski definition) is 1. The van der Waals surface area contributed by atoms with Crippen molar-refractivity contribution in [1.29, 1.82) is 0 Å². The van der Waals surface area contributed by atoms with Crippen LogP contribution in [0.3, 0.4) is 0 Å². The van der Waals surface area contributed by atoms with Gasteiger partial charge in [0.25, 0.3) is 0 Å². The summed E-state index contributed by atoms with van der Waals surface area (Å²) < 4.78 is 2.49. The van der Waals surface area contributed by atoms with E-state index in [9.17, 15) is 0 Å². The minimum atomic E-state index is 0.648. The fraction of sp³-hybridized carbons (Fsp3) is 0.500. The lowest BCUT2D eigenvalue weighted by atomic mass is 10.1. The zero-order valence-corrected chi connectivity index (χ0v) is 12.7. The summed E-state index contributed by atoms with van der Waals surface area (Å²) in [7, 11) is 0. The highest BCUT2D eigenvalue weighted by Gasteiger charge is 2.28. The maximum absolute atomic E-state index is 5.05. The van der Waals surface area contributed by atoms with Gasteiger partial charge in [0.05, 0.1) is 5.69 Å². The first-order valence-corrected chi connectivity index (χ1v) is 8.21. The summed E-state index contributed by atoms with van der Waals surface area (Å²) >= 11 is 0. The molecule has 110 valence electrons. The normalized spacial score (nSPS) is 18.9. The van der Waals surface area contributed by atoms with Crippen LogP contribution in [0.4, 0.5) is 0 Å². The van der Waals surface area contributed by atoms with Crippen molar-refractivity contribution in [2.24, 2.45) is 0 Å². The van der Waals surface area contributed by atoms with E-state index >= 15 is 0 Å². The van der Waals surface area contributed by atoms with Gasteiger partial charge in [-0.15, -0.1) is 0 Å². The number of nitrogens with one attached hydrogen (secondary N) is 1. The molecule has 2 aromatic rings. The summed E-state index contributed by atoms with van der Waals surface area (Å²) in [5.74, 6) is 1.96. The van der Waals surface area contributed by atoms with Crippen LogP contribution in [-0.4, -0.2) is 16.1 Å². The van der Waals surface area contributed by atoms with Gasteiger partial charge in [0.2, 0.25) is 0 Å². The monoisotopic (exact) mass is 281 g/mol. The number of benzene rings is 1. The average molecular weight is 281 g/mol. The van der Waals surface area contributed by atoms with Crippen molar-refractivity contribution in [3.8, 4) is 5.69 Å². The van der Waals surface area contributed by atoms with Crippen LogP contribution in [0, 0.1) is 6.92 Å². The summed E-state index contributed by atoms with van der Waals surface area (Å²) in [4.78, 5) is 5.05. The van der Waals surface area contributed by atoms with Crippen molar-refractivity contribution < 1.29 is 0 Å². The molecule has 21 heavy (non-hydrogen) atoms. The molecule has 2 aliphatic rings. The molecule has 1 aliphatic carbocycles. The lowest BCUT2D eigenvalue weighted by Gasteiger charge is -2.19. The van der Waals surface area contributed by atoms with Gasteiger partial charge in [0, 0.05) is 36.8 Å². The molecular formula is C18H23N3. The van der Waals surface area contributed by atoms with Gasteiger partial charge in [-0.2, -0.15) is 0 Å². The van der Waals surface area contributed by atoms with Crippen LogP contribution in [0.1, 0.15) is 54.4 Å². The maximum Gasteiger partial charge on any atom is 0.116 e. The Morgan fingerprint density at radius 2 is 2.00 bits per heavy atom. The topological polar surface area (TPSA) is 29.9 Å². The molecule has 1 aromatic heterocycles. The Hall–Kier alpha value is -1.61. The molecule has 3 nitrogen and oxygen atoms in total. The van der Waals surface area contributed by atoms with Gasteiger partial charge in [-0.25, -0.2) is 4.98 Å². The minimum absolute atomic E-state index is 0.648. The van der Waals surface area contributed by atoms with Crippen LogP contribution < -0.4 is 5.32 Å². The SMILES string of the molecule is Cc1ccccc1-n1c(C2CCCC2)nc2c1CCNC2. The third-order valence-electron chi connectivity index (χ3n) is 4.99. The van der Waals surface area contributed by atoms with Crippen LogP contribution in [0.25, 0.3) is 5.69 Å². The molecule has 0 bridgehead atoms. The Balaban J connectivity index is 1.90. The first kappa shape index (κ1) is 13.1. The number of aromatic nitrogens is 2. The number of aryl methyl sites for hydroxylation is 1. The summed E-state index contributed by atoms with van der Waals surface area (Å²) in [6.45, 7) is 4.20. The van der Waals surface area contributed by atoms with Gasteiger partial charge in [-0.05, 0) is 31.4 Å². The van der Waals surface area contributed by atoms with E-state index in [4.69, 9.17) is 4.98 Å². The molecular weight excluding hydrogens is 258 g/mol. The predicted octanol–water partition coefficient (Wildman–Crippen LogP) is 3.48. The Morgan fingerprint density at radius 3 is 2.81 bits per heavy atom. The summed E-state index contributed by atoms with van der Waals surface area (Å²) in [6.07, 6.45) is 6.40. The van der Waals surface area contributed by atoms with E-state index in [0.717, 1.165) is 19.5 Å². The smallest absolute Gasteiger partial charge is 0.116 e. The summed E-state index contributed by atoms with van der Waals surface area (Å²) in [5, 5.41) is 3.46. The largest absolute Gasteiger partial charge is 0.311 e. The number of rotatable bonds is 2. The maximum atomic E-state index is 5.05. The predicted molar refractivity (Wildman–Crippen MR) is 84.9 cm³/mol. The van der Waals surface area contributed by atoms with Crippen LogP contribution >= 0.6 is 0 Å². The Kier molecular flexibility index (Phi) is 3.30. The second kappa shape index (κ2) is 5.30. The van der Waals surface area contributed by atoms with E-state index in [2.05, 4.69) is 41.1 Å². The van der Waals surface area contributed by atoms with Crippen LogP contribution in [-0.2, 0) is 13.0 Å². The fourth-order valence-corrected chi connectivity index (χ4v) is 3.87. The van der Waals surface area contributed by atoms with Gasteiger partial charge in [0.1, 0.15) is 5.82 Å². The Labute approximate surface area is 126 Å². The van der Waals surface area contributed by atoms with Crippen molar-refractivity contribution in [3.63, 3.8) is 0 Å². The molecule has 0 amide bonds. The minimum Gasteiger partial charge on any atom is -0.311 e. The molecule has 3 heteroatoms. The molecule has 1 fully saturated rings. The summed E-state index contributed by atoms with van der Waals surface area (Å²) in [5.41, 5.74) is 5.38. The lowest BCUT2D eigenvalue weighted by molar-refractivity contribution is 0.617. The number of imidazole rings is 1. The third-order valence-corrected chi connectivity index (χ3v) is 4.99. The second-order valence-electron chi connectivity index (χ2n) is 6.39. The van der Waals surface area contributed by atoms with Gasteiger partial charge in [-0.1, -0.05) is 31.0 Å². The summed E-state index contributed by atoms with van der Waals surface area (Å²) in [6, 6.07) is 8.73. The van der Waals surface area contributed by atoms with Crippen LogP contribution in [0.15, 0.2) is 24.3 Å². The molecule has 0 radical (unpaired) electrons. The van der Waals surface area contributed by atoms with Crippen molar-refractivity contribution in [2.45, 2.75) is 51.5 Å².